The normalized spacial score (nSPS) is 14.3. The summed E-state index contributed by atoms with van der Waals surface area (Å²) in [5.41, 5.74) is 7.25. The van der Waals surface area contributed by atoms with Crippen LogP contribution < -0.4 is 10.6 Å². The fourth-order valence-electron chi connectivity index (χ4n) is 1.99. The molecule has 102 valence electrons. The number of hydrogen-bond donors (Lipinski definition) is 1. The molecule has 1 rings (SSSR count). The Labute approximate surface area is 114 Å². The summed E-state index contributed by atoms with van der Waals surface area (Å²) in [6, 6.07) is 5.51. The maximum absolute atomic E-state index is 14.1. The van der Waals surface area contributed by atoms with Gasteiger partial charge in [0.15, 0.2) is 0 Å². The van der Waals surface area contributed by atoms with Gasteiger partial charge in [-0.1, -0.05) is 13.0 Å². The van der Waals surface area contributed by atoms with E-state index in [4.69, 9.17) is 5.73 Å². The highest BCUT2D eigenvalue weighted by molar-refractivity contribution is 7.98. The summed E-state index contributed by atoms with van der Waals surface area (Å²) in [5.74, 6) is 0.813. The summed E-state index contributed by atoms with van der Waals surface area (Å²) in [5, 5.41) is 0. The van der Waals surface area contributed by atoms with Crippen molar-refractivity contribution in [1.82, 2.24) is 0 Å². The van der Waals surface area contributed by atoms with Crippen LogP contribution in [0.15, 0.2) is 18.2 Å². The largest absolute Gasteiger partial charge is 0.368 e. The van der Waals surface area contributed by atoms with E-state index in [9.17, 15) is 4.39 Å². The molecule has 4 heteroatoms. The van der Waals surface area contributed by atoms with E-state index < -0.39 is 0 Å². The van der Waals surface area contributed by atoms with Gasteiger partial charge in [0, 0.05) is 24.9 Å². The predicted molar refractivity (Wildman–Crippen MR) is 79.9 cm³/mol. The van der Waals surface area contributed by atoms with Gasteiger partial charge in [-0.25, -0.2) is 4.39 Å². The van der Waals surface area contributed by atoms with Crippen molar-refractivity contribution in [2.75, 3.05) is 24.0 Å². The van der Waals surface area contributed by atoms with Crippen molar-refractivity contribution in [3.63, 3.8) is 0 Å². The van der Waals surface area contributed by atoms with Crippen molar-refractivity contribution in [3.05, 3.63) is 29.6 Å². The Hall–Kier alpha value is -0.740. The molecule has 2 atom stereocenters. The zero-order chi connectivity index (χ0) is 13.7. The van der Waals surface area contributed by atoms with Gasteiger partial charge in [0.1, 0.15) is 5.82 Å². The monoisotopic (exact) mass is 270 g/mol. The SMILES string of the molecule is CCC(CSC)N(C)c1ccc([C@@H](C)N)cc1F. The number of halogens is 1. The molecule has 0 spiro atoms. The van der Waals surface area contributed by atoms with Crippen LogP contribution in [0.5, 0.6) is 0 Å². The molecule has 0 aliphatic rings. The first kappa shape index (κ1) is 15.3. The molecule has 0 saturated heterocycles. The Morgan fingerprint density at radius 3 is 2.56 bits per heavy atom. The number of nitrogens with two attached hydrogens (primary N) is 1. The van der Waals surface area contributed by atoms with Gasteiger partial charge >= 0.3 is 0 Å². The van der Waals surface area contributed by atoms with Crippen molar-refractivity contribution in [2.24, 2.45) is 5.73 Å². The van der Waals surface area contributed by atoms with Gasteiger partial charge in [0.05, 0.1) is 5.69 Å². The number of hydrogen-bond acceptors (Lipinski definition) is 3. The van der Waals surface area contributed by atoms with Gasteiger partial charge in [0.25, 0.3) is 0 Å². The second-order valence-electron chi connectivity index (χ2n) is 4.63. The smallest absolute Gasteiger partial charge is 0.146 e. The molecule has 0 heterocycles. The summed E-state index contributed by atoms with van der Waals surface area (Å²) in [4.78, 5) is 2.02. The third kappa shape index (κ3) is 3.62. The molecule has 1 aromatic rings. The molecule has 2 N–H and O–H groups in total. The van der Waals surface area contributed by atoms with Crippen LogP contribution in [0, 0.1) is 5.82 Å². The molecular formula is C14H23FN2S. The molecule has 18 heavy (non-hydrogen) atoms. The fraction of sp³-hybridized carbons (Fsp3) is 0.571. The van der Waals surface area contributed by atoms with Crippen molar-refractivity contribution in [2.45, 2.75) is 32.4 Å². The predicted octanol–water partition coefficient (Wildman–Crippen LogP) is 3.42. The molecule has 0 fully saturated rings. The number of benzene rings is 1. The van der Waals surface area contributed by atoms with Crippen molar-refractivity contribution in [1.29, 1.82) is 0 Å². The summed E-state index contributed by atoms with van der Waals surface area (Å²) in [6.45, 7) is 3.99. The molecule has 1 aromatic carbocycles. The van der Waals surface area contributed by atoms with Crippen LogP contribution >= 0.6 is 11.8 Å². The Bertz CT molecular complexity index is 382. The number of rotatable bonds is 6. The Morgan fingerprint density at radius 1 is 1.44 bits per heavy atom. The topological polar surface area (TPSA) is 29.3 Å². The van der Waals surface area contributed by atoms with Crippen LogP contribution in [0.1, 0.15) is 31.9 Å². The van der Waals surface area contributed by atoms with Gasteiger partial charge in [-0.2, -0.15) is 11.8 Å². The molecular weight excluding hydrogens is 247 g/mol. The number of nitrogens with zero attached hydrogens (tertiary/aromatic N) is 1. The first-order chi connectivity index (χ1) is 8.51. The lowest BCUT2D eigenvalue weighted by Crippen LogP contribution is -2.33. The van der Waals surface area contributed by atoms with Crippen LogP contribution in [0.2, 0.25) is 0 Å². The van der Waals surface area contributed by atoms with Gasteiger partial charge in [-0.05, 0) is 37.3 Å². The highest BCUT2D eigenvalue weighted by Crippen LogP contribution is 2.25. The van der Waals surface area contributed by atoms with Crippen molar-refractivity contribution in [3.8, 4) is 0 Å². The van der Waals surface area contributed by atoms with Crippen LogP contribution in [0.4, 0.5) is 10.1 Å². The van der Waals surface area contributed by atoms with E-state index in [1.54, 1.807) is 17.8 Å². The Morgan fingerprint density at radius 2 is 2.11 bits per heavy atom. The summed E-state index contributed by atoms with van der Waals surface area (Å²) < 4.78 is 14.1. The van der Waals surface area contributed by atoms with Crippen LogP contribution in [-0.2, 0) is 0 Å². The minimum absolute atomic E-state index is 0.132. The Balaban J connectivity index is 2.95. The van der Waals surface area contributed by atoms with E-state index in [2.05, 4.69) is 13.2 Å². The maximum Gasteiger partial charge on any atom is 0.146 e. The molecule has 0 saturated carbocycles. The average Bonchev–Trinajstić information content (AvgIpc) is 2.34. The molecule has 0 bridgehead atoms. The van der Waals surface area contributed by atoms with E-state index >= 15 is 0 Å². The van der Waals surface area contributed by atoms with E-state index in [0.717, 1.165) is 17.7 Å². The molecule has 0 aromatic heterocycles. The van der Waals surface area contributed by atoms with Gasteiger partial charge in [0.2, 0.25) is 0 Å². The first-order valence-electron chi connectivity index (χ1n) is 6.28. The van der Waals surface area contributed by atoms with Crippen molar-refractivity contribution >= 4 is 17.4 Å². The zero-order valence-electron chi connectivity index (χ0n) is 11.6. The molecule has 0 radical (unpaired) electrons. The number of thioether (sulfide) groups is 1. The summed E-state index contributed by atoms with van der Waals surface area (Å²) in [7, 11) is 1.95. The van der Waals surface area contributed by atoms with Crippen molar-refractivity contribution < 1.29 is 4.39 Å². The molecule has 0 aliphatic heterocycles. The van der Waals surface area contributed by atoms with E-state index in [0.29, 0.717) is 11.7 Å². The minimum Gasteiger partial charge on any atom is -0.368 e. The van der Waals surface area contributed by atoms with E-state index in [-0.39, 0.29) is 11.9 Å². The minimum atomic E-state index is -0.188. The van der Waals surface area contributed by atoms with Crippen LogP contribution in [0.25, 0.3) is 0 Å². The van der Waals surface area contributed by atoms with E-state index in [1.165, 1.54) is 0 Å². The summed E-state index contributed by atoms with van der Waals surface area (Å²) in [6.07, 6.45) is 3.08. The maximum atomic E-state index is 14.1. The van der Waals surface area contributed by atoms with Crippen LogP contribution in [0.3, 0.4) is 0 Å². The zero-order valence-corrected chi connectivity index (χ0v) is 12.4. The van der Waals surface area contributed by atoms with Crippen LogP contribution in [-0.4, -0.2) is 25.1 Å². The highest BCUT2D eigenvalue weighted by Gasteiger charge is 2.16. The fourth-order valence-corrected chi connectivity index (χ4v) is 2.83. The first-order valence-corrected chi connectivity index (χ1v) is 7.67. The highest BCUT2D eigenvalue weighted by atomic mass is 32.2. The number of anilines is 1. The second-order valence-corrected chi connectivity index (χ2v) is 5.54. The molecule has 2 nitrogen and oxygen atoms in total. The standard InChI is InChI=1S/C14H23FN2S/c1-5-12(9-18-4)17(3)14-7-6-11(10(2)16)8-13(14)15/h6-8,10,12H,5,9,16H2,1-4H3/t10-,12?/m1/s1. The third-order valence-electron chi connectivity index (χ3n) is 3.26. The van der Waals surface area contributed by atoms with Gasteiger partial charge in [-0.15, -0.1) is 0 Å². The summed E-state index contributed by atoms with van der Waals surface area (Å²) >= 11 is 1.79. The molecule has 1 unspecified atom stereocenters. The lowest BCUT2D eigenvalue weighted by atomic mass is 10.1. The van der Waals surface area contributed by atoms with E-state index in [1.807, 2.05) is 31.0 Å². The Kier molecular flexibility index (Phi) is 5.96. The third-order valence-corrected chi connectivity index (χ3v) is 3.97. The average molecular weight is 270 g/mol. The second kappa shape index (κ2) is 7.00. The lowest BCUT2D eigenvalue weighted by Gasteiger charge is -2.29. The molecule has 0 aliphatic carbocycles. The molecule has 0 amide bonds. The quantitative estimate of drug-likeness (QED) is 0.859. The van der Waals surface area contributed by atoms with Gasteiger partial charge in [-0.3, -0.25) is 0 Å². The lowest BCUT2D eigenvalue weighted by molar-refractivity contribution is 0.598. The van der Waals surface area contributed by atoms with Gasteiger partial charge < -0.3 is 10.6 Å².